The van der Waals surface area contributed by atoms with E-state index in [1.165, 1.54) is 77.9 Å². The van der Waals surface area contributed by atoms with E-state index >= 15 is 0 Å². The zero-order valence-electron chi connectivity index (χ0n) is 35.6. The third-order valence-corrected chi connectivity index (χ3v) is 12.4. The SMILES string of the molecule is Cc1ccc(N(c2ccc(C)cc2)c2ccc(C)c(-c3cc(-c4cc(N(c5ccc(C)cc5)c5ccc(C)cc5)ccc4C)c4c(c3)-c3ccccc3C4(C)C)c2)cc1. The number of rotatable bonds is 8. The van der Waals surface area contributed by atoms with Gasteiger partial charge in [-0.05, 0) is 182 Å². The molecule has 59 heavy (non-hydrogen) atoms. The first-order valence-corrected chi connectivity index (χ1v) is 20.8. The molecule has 8 aromatic rings. The summed E-state index contributed by atoms with van der Waals surface area (Å²) in [7, 11) is 0. The lowest BCUT2D eigenvalue weighted by Gasteiger charge is -2.29. The van der Waals surface area contributed by atoms with Gasteiger partial charge in [-0.1, -0.05) is 121 Å². The van der Waals surface area contributed by atoms with Crippen molar-refractivity contribution < 1.29 is 0 Å². The summed E-state index contributed by atoms with van der Waals surface area (Å²) in [5, 5.41) is 0. The van der Waals surface area contributed by atoms with Crippen LogP contribution in [-0.2, 0) is 5.41 Å². The fourth-order valence-electron chi connectivity index (χ4n) is 9.06. The fourth-order valence-corrected chi connectivity index (χ4v) is 9.06. The molecule has 2 heteroatoms. The Morgan fingerprint density at radius 3 is 1.12 bits per heavy atom. The van der Waals surface area contributed by atoms with Crippen molar-refractivity contribution in [1.82, 2.24) is 0 Å². The minimum absolute atomic E-state index is 0.194. The van der Waals surface area contributed by atoms with E-state index in [2.05, 4.69) is 235 Å². The van der Waals surface area contributed by atoms with Gasteiger partial charge in [0.05, 0.1) is 0 Å². The molecule has 0 saturated carbocycles. The Balaban J connectivity index is 1.27. The van der Waals surface area contributed by atoms with Crippen LogP contribution >= 0.6 is 0 Å². The fraction of sp³-hybridized carbons (Fsp3) is 0.158. The monoisotopic (exact) mass is 764 g/mol. The molecule has 0 spiro atoms. The van der Waals surface area contributed by atoms with E-state index in [4.69, 9.17) is 0 Å². The predicted octanol–water partition coefficient (Wildman–Crippen LogP) is 16.1. The second-order valence-corrected chi connectivity index (χ2v) is 17.1. The van der Waals surface area contributed by atoms with E-state index in [0.717, 1.165) is 34.1 Å². The summed E-state index contributed by atoms with van der Waals surface area (Å²) in [6.45, 7) is 17.9. The van der Waals surface area contributed by atoms with Gasteiger partial charge in [0.1, 0.15) is 0 Å². The lowest BCUT2D eigenvalue weighted by atomic mass is 9.77. The summed E-state index contributed by atoms with van der Waals surface area (Å²) in [5.74, 6) is 0. The molecule has 290 valence electrons. The third kappa shape index (κ3) is 6.93. The van der Waals surface area contributed by atoms with Crippen LogP contribution in [0.1, 0.15) is 58.4 Å². The lowest BCUT2D eigenvalue weighted by Crippen LogP contribution is -2.16. The molecule has 1 aliphatic carbocycles. The van der Waals surface area contributed by atoms with E-state index in [1.54, 1.807) is 0 Å². The molecule has 2 nitrogen and oxygen atoms in total. The van der Waals surface area contributed by atoms with Gasteiger partial charge in [-0.25, -0.2) is 0 Å². The normalized spacial score (nSPS) is 12.5. The van der Waals surface area contributed by atoms with Crippen molar-refractivity contribution in [3.05, 3.63) is 214 Å². The van der Waals surface area contributed by atoms with Crippen LogP contribution in [0.15, 0.2) is 170 Å². The third-order valence-electron chi connectivity index (χ3n) is 12.4. The summed E-state index contributed by atoms with van der Waals surface area (Å²) in [5.41, 5.74) is 24.5. The molecule has 0 unspecified atom stereocenters. The molecule has 0 atom stereocenters. The minimum Gasteiger partial charge on any atom is -0.310 e. The molecule has 0 amide bonds. The summed E-state index contributed by atoms with van der Waals surface area (Å²) >= 11 is 0. The summed E-state index contributed by atoms with van der Waals surface area (Å²) < 4.78 is 0. The van der Waals surface area contributed by atoms with Crippen LogP contribution < -0.4 is 9.80 Å². The predicted molar refractivity (Wildman–Crippen MR) is 253 cm³/mol. The van der Waals surface area contributed by atoms with Crippen molar-refractivity contribution in [3.8, 4) is 33.4 Å². The molecule has 0 saturated heterocycles. The Kier molecular flexibility index (Phi) is 9.60. The Labute approximate surface area is 351 Å². The first kappa shape index (κ1) is 37.9. The largest absolute Gasteiger partial charge is 0.310 e. The standard InChI is InChI=1S/C57H52N2/c1-37-13-23-44(24-14-37)58(45-25-15-38(2)16-26-45)48-31-21-41(5)51(35-48)43-33-53-50-11-9-10-12-55(50)57(7,8)56(53)54(34-43)52-36-49(32-22-42(52)6)59(46-27-17-39(3)18-28-46)47-29-19-40(4)20-30-47/h9-36H,1-8H3. The van der Waals surface area contributed by atoms with Gasteiger partial charge in [0.2, 0.25) is 0 Å². The van der Waals surface area contributed by atoms with Gasteiger partial charge in [-0.2, -0.15) is 0 Å². The van der Waals surface area contributed by atoms with Crippen LogP contribution in [0.25, 0.3) is 33.4 Å². The van der Waals surface area contributed by atoms with Crippen LogP contribution in [0.3, 0.4) is 0 Å². The Morgan fingerprint density at radius 1 is 0.322 bits per heavy atom. The quantitative estimate of drug-likeness (QED) is 0.152. The van der Waals surface area contributed by atoms with Crippen molar-refractivity contribution in [1.29, 1.82) is 0 Å². The zero-order valence-corrected chi connectivity index (χ0v) is 35.6. The van der Waals surface area contributed by atoms with E-state index in [9.17, 15) is 0 Å². The van der Waals surface area contributed by atoms with E-state index in [-0.39, 0.29) is 5.41 Å². The van der Waals surface area contributed by atoms with Crippen molar-refractivity contribution in [2.24, 2.45) is 0 Å². The maximum absolute atomic E-state index is 2.48. The molecule has 9 rings (SSSR count). The van der Waals surface area contributed by atoms with Crippen LogP contribution in [0.4, 0.5) is 34.1 Å². The molecule has 0 heterocycles. The number of anilines is 6. The van der Waals surface area contributed by atoms with Gasteiger partial charge in [0.15, 0.2) is 0 Å². The molecule has 1 aliphatic rings. The summed E-state index contributed by atoms with van der Waals surface area (Å²) in [6.07, 6.45) is 0. The Bertz CT molecular complexity index is 2730. The topological polar surface area (TPSA) is 6.48 Å². The maximum atomic E-state index is 2.48. The summed E-state index contributed by atoms with van der Waals surface area (Å²) in [4.78, 5) is 4.77. The van der Waals surface area contributed by atoms with Crippen molar-refractivity contribution >= 4 is 34.1 Å². The number of aryl methyl sites for hydroxylation is 6. The van der Waals surface area contributed by atoms with Gasteiger partial charge in [-0.3, -0.25) is 0 Å². The van der Waals surface area contributed by atoms with Crippen LogP contribution in [0.5, 0.6) is 0 Å². The van der Waals surface area contributed by atoms with Crippen LogP contribution in [0.2, 0.25) is 0 Å². The molecule has 0 aromatic heterocycles. The second-order valence-electron chi connectivity index (χ2n) is 17.1. The van der Waals surface area contributed by atoms with Crippen LogP contribution in [-0.4, -0.2) is 0 Å². The molecular formula is C57H52N2. The average molecular weight is 765 g/mol. The number of nitrogens with zero attached hydrogens (tertiary/aromatic N) is 2. The maximum Gasteiger partial charge on any atom is 0.0467 e. The average Bonchev–Trinajstić information content (AvgIpc) is 3.47. The van der Waals surface area contributed by atoms with Crippen LogP contribution in [0, 0.1) is 41.5 Å². The highest BCUT2D eigenvalue weighted by molar-refractivity contribution is 5.95. The van der Waals surface area contributed by atoms with Gasteiger partial charge in [-0.15, -0.1) is 0 Å². The van der Waals surface area contributed by atoms with Gasteiger partial charge >= 0.3 is 0 Å². The molecule has 0 radical (unpaired) electrons. The zero-order chi connectivity index (χ0) is 41.0. The highest BCUT2D eigenvalue weighted by atomic mass is 15.1. The molecule has 0 aliphatic heterocycles. The molecule has 0 bridgehead atoms. The molecule has 0 N–H and O–H groups in total. The smallest absolute Gasteiger partial charge is 0.0467 e. The number of fused-ring (bicyclic) bond motifs is 3. The van der Waals surface area contributed by atoms with Crippen molar-refractivity contribution in [2.45, 2.75) is 60.8 Å². The molecular weight excluding hydrogens is 713 g/mol. The number of benzene rings is 8. The lowest BCUT2D eigenvalue weighted by molar-refractivity contribution is 0.662. The minimum atomic E-state index is -0.194. The Morgan fingerprint density at radius 2 is 0.678 bits per heavy atom. The van der Waals surface area contributed by atoms with E-state index in [0.29, 0.717) is 0 Å². The molecule has 8 aromatic carbocycles. The van der Waals surface area contributed by atoms with Gasteiger partial charge < -0.3 is 9.80 Å². The van der Waals surface area contributed by atoms with Gasteiger partial charge in [0.25, 0.3) is 0 Å². The first-order chi connectivity index (χ1) is 28.5. The van der Waals surface area contributed by atoms with Crippen molar-refractivity contribution in [2.75, 3.05) is 9.80 Å². The van der Waals surface area contributed by atoms with Crippen molar-refractivity contribution in [3.63, 3.8) is 0 Å². The number of hydrogen-bond donors (Lipinski definition) is 0. The number of hydrogen-bond acceptors (Lipinski definition) is 2. The van der Waals surface area contributed by atoms with E-state index < -0.39 is 0 Å². The molecule has 0 fully saturated rings. The first-order valence-electron chi connectivity index (χ1n) is 20.8. The van der Waals surface area contributed by atoms with E-state index in [1.807, 2.05) is 0 Å². The highest BCUT2D eigenvalue weighted by Crippen LogP contribution is 2.54. The second kappa shape index (κ2) is 14.9. The van der Waals surface area contributed by atoms with Gasteiger partial charge in [0, 0.05) is 39.5 Å². The summed E-state index contributed by atoms with van der Waals surface area (Å²) in [6, 6.07) is 63.4. The Hall–Kier alpha value is -6.64. The highest BCUT2D eigenvalue weighted by Gasteiger charge is 2.38.